The fourth-order valence-electron chi connectivity index (χ4n) is 1.55. The SMILES string of the molecule is C=I[N+](N)(N)OC(CC)(CC)NOC(C)(CC)[N+](N)(N)I=C. The standard InChI is InChI=1S/C11H31I2N7O2/c1-7-10(4,19(14,15)12-5)21-18-11(8-2,9-3)22-20(16,17)13-6/h18H,5-9,14-17H2,1-4H3/q+2. The minimum absolute atomic E-state index is 0.271. The third-order valence-electron chi connectivity index (χ3n) is 3.68. The summed E-state index contributed by atoms with van der Waals surface area (Å²) in [7, 11) is 0. The minimum atomic E-state index is -0.850. The molecule has 0 spiro atoms. The number of nitrogens with zero attached hydrogens (tertiary/aromatic N) is 2. The Hall–Kier alpha value is 0.840. The van der Waals surface area contributed by atoms with Gasteiger partial charge in [-0.15, -0.1) is 19.4 Å². The van der Waals surface area contributed by atoms with Gasteiger partial charge in [0.2, 0.25) is 26.7 Å². The van der Waals surface area contributed by atoms with Crippen molar-refractivity contribution in [2.24, 2.45) is 23.4 Å². The van der Waals surface area contributed by atoms with Crippen LogP contribution in [-0.4, -0.2) is 26.5 Å². The molecule has 0 aromatic rings. The van der Waals surface area contributed by atoms with Crippen LogP contribution in [-0.2, 0) is 9.68 Å². The first-order valence-corrected chi connectivity index (χ1v) is 11.8. The Morgan fingerprint density at radius 2 is 1.50 bits per heavy atom. The molecule has 134 valence electrons. The van der Waals surface area contributed by atoms with Crippen molar-refractivity contribution in [2.45, 2.75) is 58.4 Å². The van der Waals surface area contributed by atoms with E-state index in [9.17, 15) is 0 Å². The topological polar surface area (TPSA) is 135 Å². The number of rotatable bonds is 11. The molecule has 0 aliphatic heterocycles. The molecule has 0 saturated heterocycles. The van der Waals surface area contributed by atoms with Crippen LogP contribution in [0.2, 0.25) is 0 Å². The van der Waals surface area contributed by atoms with Crippen LogP contribution in [0.15, 0.2) is 0 Å². The van der Waals surface area contributed by atoms with Crippen LogP contribution < -0.4 is 28.9 Å². The zero-order valence-corrected chi connectivity index (χ0v) is 18.1. The van der Waals surface area contributed by atoms with Crippen molar-refractivity contribution in [1.82, 2.24) is 5.48 Å². The Balaban J connectivity index is 5.27. The van der Waals surface area contributed by atoms with E-state index in [1.165, 1.54) is 0 Å². The van der Waals surface area contributed by atoms with Crippen molar-refractivity contribution < 1.29 is 15.7 Å². The van der Waals surface area contributed by atoms with E-state index < -0.39 is 56.5 Å². The van der Waals surface area contributed by atoms with E-state index in [0.717, 1.165) is 0 Å². The van der Waals surface area contributed by atoms with E-state index in [1.807, 2.05) is 27.7 Å². The summed E-state index contributed by atoms with van der Waals surface area (Å²) >= 11 is -1.56. The van der Waals surface area contributed by atoms with Gasteiger partial charge >= 0.3 is 0 Å². The average Bonchev–Trinajstić information content (AvgIpc) is 2.50. The van der Waals surface area contributed by atoms with Gasteiger partial charge in [0.15, 0.2) is 21.0 Å². The number of hydrogen-bond donors (Lipinski definition) is 5. The highest BCUT2D eigenvalue weighted by atomic mass is 127. The van der Waals surface area contributed by atoms with Gasteiger partial charge in [-0.25, -0.2) is 4.84 Å². The summed E-state index contributed by atoms with van der Waals surface area (Å²) in [5.41, 5.74) is 1.27. The van der Waals surface area contributed by atoms with E-state index in [4.69, 9.17) is 33.0 Å². The third-order valence-corrected chi connectivity index (χ3v) is 7.09. The van der Waals surface area contributed by atoms with E-state index in [1.54, 1.807) is 0 Å². The molecule has 0 rings (SSSR count). The van der Waals surface area contributed by atoms with Crippen LogP contribution in [0, 0.1) is 0 Å². The van der Waals surface area contributed by atoms with Crippen LogP contribution in [0.4, 0.5) is 0 Å². The molecule has 0 fully saturated rings. The second-order valence-electron chi connectivity index (χ2n) is 5.08. The highest BCUT2D eigenvalue weighted by Crippen LogP contribution is 2.30. The molecule has 9 N–H and O–H groups in total. The number of nitrogens with two attached hydrogens (primary N) is 4. The van der Waals surface area contributed by atoms with Crippen molar-refractivity contribution in [3.05, 3.63) is 0 Å². The molecule has 22 heavy (non-hydrogen) atoms. The fraction of sp³-hybridized carbons (Fsp3) is 0.818. The molecular weight excluding hydrogens is 516 g/mol. The van der Waals surface area contributed by atoms with Gasteiger partial charge in [0.25, 0.3) is 5.72 Å². The van der Waals surface area contributed by atoms with Crippen LogP contribution >= 0.6 is 42.0 Å². The molecule has 0 aliphatic rings. The Morgan fingerprint density at radius 3 is 1.82 bits per heavy atom. The predicted octanol–water partition coefficient (Wildman–Crippen LogP) is 0.846. The van der Waals surface area contributed by atoms with Crippen molar-refractivity contribution in [3.8, 4) is 0 Å². The first kappa shape index (κ1) is 22.8. The van der Waals surface area contributed by atoms with Gasteiger partial charge in [-0.3, -0.25) is 0 Å². The summed E-state index contributed by atoms with van der Waals surface area (Å²) < 4.78 is 6.82. The Morgan fingerprint density at radius 1 is 1.00 bits per heavy atom. The first-order chi connectivity index (χ1) is 9.97. The predicted molar refractivity (Wildman–Crippen MR) is 107 cm³/mol. The highest BCUT2D eigenvalue weighted by molar-refractivity contribution is 14.1. The molecule has 0 aromatic carbocycles. The van der Waals surface area contributed by atoms with Crippen molar-refractivity contribution in [1.29, 1.82) is 0 Å². The second kappa shape index (κ2) is 8.80. The molecule has 11 heteroatoms. The number of quaternary nitrogens is 2. The molecule has 0 radical (unpaired) electrons. The molecule has 0 aromatic heterocycles. The summed E-state index contributed by atoms with van der Waals surface area (Å²) in [6.07, 6.45) is 1.78. The van der Waals surface area contributed by atoms with E-state index in [2.05, 4.69) is 14.5 Å². The molecule has 0 bridgehead atoms. The normalized spacial score (nSPS) is 16.5. The molecule has 9 nitrogen and oxygen atoms in total. The molecule has 0 heterocycles. The summed E-state index contributed by atoms with van der Waals surface area (Å²) in [4.78, 5) is 11.7. The second-order valence-corrected chi connectivity index (χ2v) is 9.54. The minimum Gasteiger partial charge on any atom is -0.234 e. The molecule has 0 aliphatic carbocycles. The summed E-state index contributed by atoms with van der Waals surface area (Å²) in [5, 5.41) is 0. The summed E-state index contributed by atoms with van der Waals surface area (Å²) in [6, 6.07) is 0. The number of hydroxylamine groups is 1. The first-order valence-electron chi connectivity index (χ1n) is 6.86. The Kier molecular flexibility index (Phi) is 9.13. The number of hydrogen-bond acceptors (Lipinski definition) is 7. The van der Waals surface area contributed by atoms with E-state index in [-0.39, 0.29) is 2.91 Å². The summed E-state index contributed by atoms with van der Waals surface area (Å²) in [5.74, 6) is 23.9. The monoisotopic (exact) mass is 547 g/mol. The quantitative estimate of drug-likeness (QED) is 0.0852. The molecule has 0 saturated carbocycles. The summed E-state index contributed by atoms with van der Waals surface area (Å²) in [6.45, 7) is 7.68. The lowest BCUT2D eigenvalue weighted by molar-refractivity contribution is -1.00. The number of halogens is 2. The smallest absolute Gasteiger partial charge is 0.234 e. The van der Waals surface area contributed by atoms with Gasteiger partial charge in [0.1, 0.15) is 0 Å². The molecular formula is C11H31I2N7O2+2. The average molecular weight is 547 g/mol. The van der Waals surface area contributed by atoms with Crippen LogP contribution in [0.3, 0.4) is 0 Å². The van der Waals surface area contributed by atoms with Crippen LogP contribution in [0.25, 0.3) is 0 Å². The van der Waals surface area contributed by atoms with Crippen molar-refractivity contribution in [3.63, 3.8) is 0 Å². The molecule has 1 atom stereocenters. The fourth-order valence-corrected chi connectivity index (χ4v) is 3.23. The Labute approximate surface area is 153 Å². The van der Waals surface area contributed by atoms with Crippen LogP contribution in [0.5, 0.6) is 0 Å². The van der Waals surface area contributed by atoms with E-state index >= 15 is 0 Å². The maximum atomic E-state index is 6.11. The lowest BCUT2D eigenvalue weighted by Gasteiger charge is -2.41. The van der Waals surface area contributed by atoms with Gasteiger partial charge in [-0.05, 0) is 21.9 Å². The Bertz CT molecular complexity index is 391. The third kappa shape index (κ3) is 5.73. The van der Waals surface area contributed by atoms with Gasteiger partial charge < -0.3 is 0 Å². The van der Waals surface area contributed by atoms with E-state index in [0.29, 0.717) is 19.3 Å². The van der Waals surface area contributed by atoms with Crippen molar-refractivity contribution in [2.75, 3.05) is 0 Å². The van der Waals surface area contributed by atoms with Crippen LogP contribution in [0.1, 0.15) is 47.0 Å². The zero-order valence-electron chi connectivity index (χ0n) is 13.8. The zero-order chi connectivity index (χ0) is 17.7. The largest absolute Gasteiger partial charge is 0.259 e. The lowest BCUT2D eigenvalue weighted by Crippen LogP contribution is -2.70. The van der Waals surface area contributed by atoms with Gasteiger partial charge in [-0.1, -0.05) is 20.8 Å². The van der Waals surface area contributed by atoms with Crippen molar-refractivity contribution >= 4 is 51.0 Å². The number of nitrogens with one attached hydrogen (secondary N) is 1. The lowest BCUT2D eigenvalue weighted by atomic mass is 10.1. The highest BCUT2D eigenvalue weighted by Gasteiger charge is 2.47. The maximum absolute atomic E-state index is 6.11. The maximum Gasteiger partial charge on any atom is 0.259 e. The molecule has 0 amide bonds. The van der Waals surface area contributed by atoms with Gasteiger partial charge in [0.05, 0.1) is 0 Å². The van der Waals surface area contributed by atoms with Gasteiger partial charge in [0, 0.05) is 16.4 Å². The molecule has 1 unspecified atom stereocenters. The van der Waals surface area contributed by atoms with Gasteiger partial charge in [-0.2, -0.15) is 17.2 Å².